The molecular formula is C20H15F4N3O5. The number of pyridine rings is 2. The average molecular weight is 453 g/mol. The zero-order chi connectivity index (χ0) is 23.5. The Labute approximate surface area is 177 Å². The van der Waals surface area contributed by atoms with E-state index in [4.69, 9.17) is 0 Å². The molecule has 2 N–H and O–H groups in total. The standard InChI is InChI=1S/C20H15F4N3O5/c1-31-18(29)15-16(28)14-13(17(26-15)27-19(30)32-9-20(22,23)24)7-11(8-25-14)6-10-2-4-12(21)5-3-10/h2-5,7-8,28H,6,9H2,1H3,(H,26,27,30). The highest BCUT2D eigenvalue weighted by Gasteiger charge is 2.30. The van der Waals surface area contributed by atoms with E-state index in [0.29, 0.717) is 5.56 Å². The second-order valence-corrected chi connectivity index (χ2v) is 6.51. The molecule has 32 heavy (non-hydrogen) atoms. The largest absolute Gasteiger partial charge is 0.504 e. The van der Waals surface area contributed by atoms with E-state index in [2.05, 4.69) is 19.4 Å². The molecule has 12 heteroatoms. The number of fused-ring (bicyclic) bond motifs is 1. The highest BCUT2D eigenvalue weighted by molar-refractivity contribution is 6.04. The van der Waals surface area contributed by atoms with Gasteiger partial charge < -0.3 is 14.6 Å². The molecule has 2 aromatic heterocycles. The third-order valence-electron chi connectivity index (χ3n) is 4.16. The van der Waals surface area contributed by atoms with E-state index in [1.165, 1.54) is 24.4 Å². The van der Waals surface area contributed by atoms with Crippen LogP contribution in [0, 0.1) is 5.82 Å². The predicted octanol–water partition coefficient (Wildman–Crippen LogP) is 3.96. The first kappa shape index (κ1) is 22.7. The fraction of sp³-hybridized carbons (Fsp3) is 0.200. The smallest absolute Gasteiger partial charge is 0.422 e. The summed E-state index contributed by atoms with van der Waals surface area (Å²) in [4.78, 5) is 31.6. The van der Waals surface area contributed by atoms with Crippen molar-refractivity contribution in [2.75, 3.05) is 19.0 Å². The van der Waals surface area contributed by atoms with Crippen LogP contribution >= 0.6 is 0 Å². The zero-order valence-corrected chi connectivity index (χ0v) is 16.4. The number of anilines is 1. The van der Waals surface area contributed by atoms with Gasteiger partial charge in [-0.05, 0) is 35.7 Å². The monoisotopic (exact) mass is 453 g/mol. The van der Waals surface area contributed by atoms with Crippen LogP contribution in [0.1, 0.15) is 21.6 Å². The van der Waals surface area contributed by atoms with E-state index in [-0.39, 0.29) is 23.1 Å². The van der Waals surface area contributed by atoms with Gasteiger partial charge in [0.25, 0.3) is 0 Å². The summed E-state index contributed by atoms with van der Waals surface area (Å²) in [5.74, 6) is -2.50. The summed E-state index contributed by atoms with van der Waals surface area (Å²) in [6.45, 7) is -1.84. The molecule has 0 saturated carbocycles. The maximum Gasteiger partial charge on any atom is 0.422 e. The summed E-state index contributed by atoms with van der Waals surface area (Å²) >= 11 is 0. The summed E-state index contributed by atoms with van der Waals surface area (Å²) in [5.41, 5.74) is 0.497. The number of aromatic nitrogens is 2. The number of hydrogen-bond acceptors (Lipinski definition) is 7. The van der Waals surface area contributed by atoms with Gasteiger partial charge in [0, 0.05) is 11.6 Å². The van der Waals surface area contributed by atoms with E-state index in [1.54, 1.807) is 12.1 Å². The van der Waals surface area contributed by atoms with Crippen molar-refractivity contribution in [3.8, 4) is 5.75 Å². The van der Waals surface area contributed by atoms with E-state index in [0.717, 1.165) is 12.7 Å². The Morgan fingerprint density at radius 1 is 1.16 bits per heavy atom. The number of methoxy groups -OCH3 is 1. The molecule has 0 saturated heterocycles. The first-order chi connectivity index (χ1) is 15.1. The summed E-state index contributed by atoms with van der Waals surface area (Å²) in [6, 6.07) is 7.08. The molecule has 3 rings (SSSR count). The molecule has 0 radical (unpaired) electrons. The molecule has 168 valence electrons. The quantitative estimate of drug-likeness (QED) is 0.444. The average Bonchev–Trinajstić information content (AvgIpc) is 2.75. The van der Waals surface area contributed by atoms with Crippen LogP contribution in [0.3, 0.4) is 0 Å². The molecule has 0 atom stereocenters. The molecule has 0 bridgehead atoms. The Morgan fingerprint density at radius 2 is 1.84 bits per heavy atom. The number of hydrogen-bond donors (Lipinski definition) is 2. The molecule has 2 heterocycles. The Balaban J connectivity index is 2.02. The van der Waals surface area contributed by atoms with Gasteiger partial charge >= 0.3 is 18.2 Å². The first-order valence-corrected chi connectivity index (χ1v) is 8.92. The van der Waals surface area contributed by atoms with Crippen LogP contribution < -0.4 is 5.32 Å². The van der Waals surface area contributed by atoms with Gasteiger partial charge in [-0.15, -0.1) is 0 Å². The SMILES string of the molecule is COC(=O)c1nc(NC(=O)OCC(F)(F)F)c2cc(Cc3ccc(F)cc3)cnc2c1O. The number of halogens is 4. The van der Waals surface area contributed by atoms with Gasteiger partial charge in [0.2, 0.25) is 0 Å². The van der Waals surface area contributed by atoms with Gasteiger partial charge in [-0.25, -0.2) is 19.0 Å². The number of aromatic hydroxyl groups is 1. The van der Waals surface area contributed by atoms with Gasteiger partial charge in [0.05, 0.1) is 7.11 Å². The van der Waals surface area contributed by atoms with Crippen molar-refractivity contribution in [1.82, 2.24) is 9.97 Å². The second-order valence-electron chi connectivity index (χ2n) is 6.51. The number of carbonyl (C=O) groups is 2. The number of esters is 1. The molecule has 0 unspecified atom stereocenters. The Bertz CT molecular complexity index is 1170. The van der Waals surface area contributed by atoms with Crippen LogP contribution in [-0.2, 0) is 15.9 Å². The van der Waals surface area contributed by atoms with Gasteiger partial charge in [0.1, 0.15) is 17.2 Å². The molecule has 0 aliphatic rings. The Kier molecular flexibility index (Phi) is 6.42. The second kappa shape index (κ2) is 9.04. The molecular weight excluding hydrogens is 438 g/mol. The molecule has 0 aliphatic carbocycles. The van der Waals surface area contributed by atoms with Crippen molar-refractivity contribution in [3.05, 3.63) is 59.2 Å². The van der Waals surface area contributed by atoms with Crippen LogP contribution in [0.2, 0.25) is 0 Å². The Morgan fingerprint density at radius 3 is 2.47 bits per heavy atom. The van der Waals surface area contributed by atoms with Crippen LogP contribution in [0.15, 0.2) is 36.5 Å². The van der Waals surface area contributed by atoms with E-state index < -0.39 is 42.1 Å². The van der Waals surface area contributed by atoms with E-state index in [9.17, 15) is 32.3 Å². The summed E-state index contributed by atoms with van der Waals surface area (Å²) in [5, 5.41) is 12.4. The Hall–Kier alpha value is -3.96. The van der Waals surface area contributed by atoms with Crippen molar-refractivity contribution in [2.45, 2.75) is 12.6 Å². The normalized spacial score (nSPS) is 11.3. The van der Waals surface area contributed by atoms with Crippen molar-refractivity contribution in [1.29, 1.82) is 0 Å². The summed E-state index contributed by atoms with van der Waals surface area (Å²) in [7, 11) is 1.03. The number of nitrogens with zero attached hydrogens (tertiary/aromatic N) is 2. The van der Waals surface area contributed by atoms with Crippen LogP contribution in [0.25, 0.3) is 10.9 Å². The van der Waals surface area contributed by atoms with Crippen molar-refractivity contribution in [2.24, 2.45) is 0 Å². The lowest BCUT2D eigenvalue weighted by Gasteiger charge is -2.13. The number of carbonyl (C=O) groups excluding carboxylic acids is 2. The minimum Gasteiger partial charge on any atom is -0.504 e. The molecule has 1 amide bonds. The van der Waals surface area contributed by atoms with Crippen LogP contribution in [-0.4, -0.2) is 47.0 Å². The predicted molar refractivity (Wildman–Crippen MR) is 103 cm³/mol. The topological polar surface area (TPSA) is 111 Å². The molecule has 1 aromatic carbocycles. The van der Waals surface area contributed by atoms with Crippen LogP contribution in [0.4, 0.5) is 28.2 Å². The molecule has 8 nitrogen and oxygen atoms in total. The first-order valence-electron chi connectivity index (χ1n) is 8.92. The highest BCUT2D eigenvalue weighted by Crippen LogP contribution is 2.32. The minimum atomic E-state index is -4.75. The van der Waals surface area contributed by atoms with E-state index >= 15 is 0 Å². The lowest BCUT2D eigenvalue weighted by molar-refractivity contribution is -0.159. The zero-order valence-electron chi connectivity index (χ0n) is 16.4. The fourth-order valence-corrected chi connectivity index (χ4v) is 2.76. The maximum atomic E-state index is 13.1. The van der Waals surface area contributed by atoms with Gasteiger partial charge in [0.15, 0.2) is 18.1 Å². The summed E-state index contributed by atoms with van der Waals surface area (Å²) in [6.07, 6.45) is -4.58. The number of rotatable bonds is 5. The minimum absolute atomic E-state index is 0.0266. The number of alkyl halides is 3. The third kappa shape index (κ3) is 5.39. The number of ether oxygens (including phenoxy) is 2. The lowest BCUT2D eigenvalue weighted by atomic mass is 10.0. The van der Waals surface area contributed by atoms with E-state index in [1.807, 2.05) is 5.32 Å². The maximum absolute atomic E-state index is 13.1. The van der Waals surface area contributed by atoms with Crippen LogP contribution in [0.5, 0.6) is 5.75 Å². The molecule has 3 aromatic rings. The van der Waals surface area contributed by atoms with Crippen molar-refractivity contribution >= 4 is 28.8 Å². The van der Waals surface area contributed by atoms with Crippen molar-refractivity contribution in [3.63, 3.8) is 0 Å². The third-order valence-corrected chi connectivity index (χ3v) is 4.16. The number of amides is 1. The molecule has 0 spiro atoms. The highest BCUT2D eigenvalue weighted by atomic mass is 19.4. The van der Waals surface area contributed by atoms with Gasteiger partial charge in [-0.1, -0.05) is 12.1 Å². The van der Waals surface area contributed by atoms with Gasteiger partial charge in [-0.2, -0.15) is 13.2 Å². The number of benzene rings is 1. The molecule has 0 aliphatic heterocycles. The fourth-order valence-electron chi connectivity index (χ4n) is 2.76. The summed E-state index contributed by atoms with van der Waals surface area (Å²) < 4.78 is 58.7. The molecule has 0 fully saturated rings. The van der Waals surface area contributed by atoms with Gasteiger partial charge in [-0.3, -0.25) is 10.3 Å². The number of nitrogens with one attached hydrogen (secondary N) is 1. The van der Waals surface area contributed by atoms with Crippen molar-refractivity contribution < 1.29 is 41.7 Å². The lowest BCUT2D eigenvalue weighted by Crippen LogP contribution is -2.24.